The molecule has 0 saturated carbocycles. The van der Waals surface area contributed by atoms with Crippen LogP contribution in [0, 0.1) is 12.7 Å². The van der Waals surface area contributed by atoms with Gasteiger partial charge in [0, 0.05) is 11.1 Å². The van der Waals surface area contributed by atoms with Crippen LogP contribution in [0.3, 0.4) is 0 Å². The lowest BCUT2D eigenvalue weighted by atomic mass is 9.95. The van der Waals surface area contributed by atoms with Gasteiger partial charge in [-0.05, 0) is 42.3 Å². The molecule has 6 rings (SSSR count). The zero-order valence-electron chi connectivity index (χ0n) is 21.8. The van der Waals surface area contributed by atoms with E-state index in [9.17, 15) is 19.1 Å². The first-order valence-corrected chi connectivity index (χ1v) is 14.3. The number of Topliss-reactive ketones (excluding diaryl/α,β-unsaturated/α-hetero) is 1. The lowest BCUT2D eigenvalue weighted by Gasteiger charge is -2.23. The molecule has 0 aliphatic carbocycles. The SMILES string of the molecule is COc1cccc2cc(C(=O)C3=C(O)C(=O)N(c4nnc(SCc5ccc(C)cc5)s4)C3c3ccc(F)cc3)oc12. The van der Waals surface area contributed by atoms with Crippen LogP contribution >= 0.6 is 23.1 Å². The number of aryl methyl sites for hydroxylation is 1. The van der Waals surface area contributed by atoms with E-state index in [4.69, 9.17) is 9.15 Å². The number of aliphatic hydroxyl groups excluding tert-OH is 1. The van der Waals surface area contributed by atoms with Gasteiger partial charge in [-0.15, -0.1) is 10.2 Å². The number of hydrogen-bond acceptors (Lipinski definition) is 9. The first kappa shape index (κ1) is 26.7. The smallest absolute Gasteiger partial charge is 0.296 e. The minimum Gasteiger partial charge on any atom is -0.503 e. The maximum Gasteiger partial charge on any atom is 0.296 e. The maximum atomic E-state index is 13.8. The van der Waals surface area contributed by atoms with Crippen molar-refractivity contribution in [1.29, 1.82) is 0 Å². The molecule has 0 spiro atoms. The number of ketones is 1. The average Bonchev–Trinajstić information content (AvgIpc) is 3.69. The first-order valence-electron chi connectivity index (χ1n) is 12.5. The highest BCUT2D eigenvalue weighted by Crippen LogP contribution is 2.44. The van der Waals surface area contributed by atoms with E-state index < -0.39 is 29.3 Å². The average molecular weight is 588 g/mol. The largest absolute Gasteiger partial charge is 0.503 e. The lowest BCUT2D eigenvalue weighted by molar-refractivity contribution is -0.117. The third kappa shape index (κ3) is 4.98. The second kappa shape index (κ2) is 10.8. The number of rotatable bonds is 8. The monoisotopic (exact) mass is 587 g/mol. The Bertz CT molecular complexity index is 1810. The number of aliphatic hydroxyl groups is 1. The van der Waals surface area contributed by atoms with Crippen molar-refractivity contribution < 1.29 is 28.2 Å². The van der Waals surface area contributed by atoms with Gasteiger partial charge in [-0.25, -0.2) is 4.39 Å². The number of anilines is 1. The number of fused-ring (bicyclic) bond motifs is 1. The van der Waals surface area contributed by atoms with Gasteiger partial charge in [0.05, 0.1) is 18.7 Å². The summed E-state index contributed by atoms with van der Waals surface area (Å²) in [6, 6.07) is 19.2. The van der Waals surface area contributed by atoms with Gasteiger partial charge in [-0.3, -0.25) is 14.5 Å². The Morgan fingerprint density at radius 2 is 1.88 bits per heavy atom. The highest BCUT2D eigenvalue weighted by Gasteiger charge is 2.46. The number of thioether (sulfide) groups is 1. The topological polar surface area (TPSA) is 106 Å². The van der Waals surface area contributed by atoms with E-state index in [2.05, 4.69) is 10.2 Å². The van der Waals surface area contributed by atoms with Crippen molar-refractivity contribution in [1.82, 2.24) is 10.2 Å². The molecule has 1 aliphatic rings. The van der Waals surface area contributed by atoms with E-state index >= 15 is 0 Å². The highest BCUT2D eigenvalue weighted by molar-refractivity contribution is 8.00. The van der Waals surface area contributed by atoms with E-state index in [0.29, 0.717) is 32.4 Å². The van der Waals surface area contributed by atoms with Crippen molar-refractivity contribution >= 4 is 50.9 Å². The van der Waals surface area contributed by atoms with Crippen molar-refractivity contribution in [2.24, 2.45) is 0 Å². The number of ether oxygens (including phenoxy) is 1. The van der Waals surface area contributed by atoms with E-state index in [-0.39, 0.29) is 16.5 Å². The molecule has 1 amide bonds. The molecule has 1 atom stereocenters. The molecule has 0 radical (unpaired) electrons. The fourth-order valence-electron chi connectivity index (χ4n) is 4.62. The number of hydrogen-bond donors (Lipinski definition) is 1. The minimum absolute atomic E-state index is 0.0839. The Balaban J connectivity index is 1.36. The molecule has 0 fully saturated rings. The van der Waals surface area contributed by atoms with Gasteiger partial charge >= 0.3 is 0 Å². The van der Waals surface area contributed by atoms with Crippen molar-refractivity contribution in [3.8, 4) is 5.75 Å². The fourth-order valence-corrected chi connectivity index (χ4v) is 6.45. The predicted octanol–water partition coefficient (Wildman–Crippen LogP) is 6.82. The lowest BCUT2D eigenvalue weighted by Crippen LogP contribution is -2.31. The molecule has 1 N–H and O–H groups in total. The second-order valence-corrected chi connectivity index (χ2v) is 11.5. The number of nitrogens with zero attached hydrogens (tertiary/aromatic N) is 3. The second-order valence-electron chi connectivity index (χ2n) is 9.33. The summed E-state index contributed by atoms with van der Waals surface area (Å²) in [5, 5.41) is 20.3. The molecular weight excluding hydrogens is 565 g/mol. The normalized spacial score (nSPS) is 15.2. The van der Waals surface area contributed by atoms with E-state index in [1.807, 2.05) is 31.2 Å². The summed E-state index contributed by atoms with van der Waals surface area (Å²) in [4.78, 5) is 28.5. The molecule has 5 aromatic rings. The van der Waals surface area contributed by atoms with Gasteiger partial charge in [-0.1, -0.05) is 77.2 Å². The summed E-state index contributed by atoms with van der Waals surface area (Å²) >= 11 is 2.62. The van der Waals surface area contributed by atoms with Crippen LogP contribution in [-0.4, -0.2) is 34.1 Å². The number of aromatic nitrogens is 2. The van der Waals surface area contributed by atoms with E-state index in [0.717, 1.165) is 22.5 Å². The number of halogens is 1. The van der Waals surface area contributed by atoms with Gasteiger partial charge < -0.3 is 14.3 Å². The van der Waals surface area contributed by atoms with Gasteiger partial charge in [0.25, 0.3) is 5.91 Å². The van der Waals surface area contributed by atoms with Crippen molar-refractivity contribution in [3.05, 3.63) is 112 Å². The molecule has 11 heteroatoms. The summed E-state index contributed by atoms with van der Waals surface area (Å²) in [6.45, 7) is 2.02. The van der Waals surface area contributed by atoms with Gasteiger partial charge in [0.1, 0.15) is 5.82 Å². The summed E-state index contributed by atoms with van der Waals surface area (Å²) < 4.78 is 25.6. The number of furan rings is 1. The Morgan fingerprint density at radius 3 is 2.61 bits per heavy atom. The van der Waals surface area contributed by atoms with Crippen LogP contribution in [0.25, 0.3) is 11.0 Å². The third-order valence-corrected chi connectivity index (χ3v) is 8.80. The molecule has 0 saturated heterocycles. The molecule has 8 nitrogen and oxygen atoms in total. The van der Waals surface area contributed by atoms with Crippen LogP contribution in [0.4, 0.5) is 9.52 Å². The third-order valence-electron chi connectivity index (χ3n) is 6.67. The number of para-hydroxylation sites is 1. The molecule has 206 valence electrons. The van der Waals surface area contributed by atoms with Crippen molar-refractivity contribution in [2.75, 3.05) is 12.0 Å². The molecule has 41 heavy (non-hydrogen) atoms. The summed E-state index contributed by atoms with van der Waals surface area (Å²) in [5.74, 6) is -1.73. The minimum atomic E-state index is -1.09. The Morgan fingerprint density at radius 1 is 1.12 bits per heavy atom. The number of carbonyl (C=O) groups excluding carboxylic acids is 2. The van der Waals surface area contributed by atoms with E-state index in [1.165, 1.54) is 54.1 Å². The molecule has 3 aromatic carbocycles. The molecule has 1 unspecified atom stereocenters. The Labute approximate surface area is 242 Å². The molecular formula is C30H22FN3O5S2. The standard InChI is InChI=1S/C30H22FN3O5S2/c1-16-6-8-17(9-7-16)15-40-30-33-32-29(41-30)34-24(18-10-12-20(31)13-11-18)23(26(36)28(34)37)25(35)22-14-19-4-3-5-21(38-2)27(19)39-22/h3-14,24,36H,15H2,1-2H3. The van der Waals surface area contributed by atoms with Gasteiger partial charge in [-0.2, -0.15) is 0 Å². The zero-order chi connectivity index (χ0) is 28.7. The number of benzene rings is 3. The van der Waals surface area contributed by atoms with Crippen LogP contribution < -0.4 is 9.64 Å². The summed E-state index contributed by atoms with van der Waals surface area (Å²) in [7, 11) is 1.49. The number of amides is 1. The quantitative estimate of drug-likeness (QED) is 0.120. The van der Waals surface area contributed by atoms with Crippen LogP contribution in [0.1, 0.15) is 33.3 Å². The highest BCUT2D eigenvalue weighted by atomic mass is 32.2. The van der Waals surface area contributed by atoms with Crippen LogP contribution in [-0.2, 0) is 10.5 Å². The molecule has 1 aliphatic heterocycles. The summed E-state index contributed by atoms with van der Waals surface area (Å²) in [6.07, 6.45) is 0. The first-order chi connectivity index (χ1) is 19.8. The molecule has 2 aromatic heterocycles. The van der Waals surface area contributed by atoms with Crippen LogP contribution in [0.5, 0.6) is 5.75 Å². The Hall–Kier alpha value is -4.48. The van der Waals surface area contributed by atoms with Gasteiger partial charge in [0.2, 0.25) is 10.9 Å². The van der Waals surface area contributed by atoms with Crippen LogP contribution in [0.2, 0.25) is 0 Å². The molecule has 3 heterocycles. The summed E-state index contributed by atoms with van der Waals surface area (Å²) in [5.41, 5.74) is 2.83. The number of carbonyl (C=O) groups is 2. The predicted molar refractivity (Wildman–Crippen MR) is 154 cm³/mol. The Kier molecular flexibility index (Phi) is 7.06. The van der Waals surface area contributed by atoms with Crippen molar-refractivity contribution in [3.63, 3.8) is 0 Å². The maximum absolute atomic E-state index is 13.8. The fraction of sp³-hybridized carbons (Fsp3) is 0.133. The van der Waals surface area contributed by atoms with Gasteiger partial charge in [0.15, 0.2) is 27.2 Å². The molecule has 0 bridgehead atoms. The van der Waals surface area contributed by atoms with Crippen molar-refractivity contribution in [2.45, 2.75) is 23.1 Å². The number of methoxy groups -OCH3 is 1. The zero-order valence-corrected chi connectivity index (χ0v) is 23.5. The van der Waals surface area contributed by atoms with E-state index in [1.54, 1.807) is 18.2 Å². The van der Waals surface area contributed by atoms with Crippen LogP contribution in [0.15, 0.2) is 92.9 Å².